The largest absolute Gasteiger partial charge is 0.393 e. The van der Waals surface area contributed by atoms with Gasteiger partial charge >= 0.3 is 6.03 Å². The Morgan fingerprint density at radius 2 is 1.58 bits per heavy atom. The van der Waals surface area contributed by atoms with E-state index in [1.807, 2.05) is 11.8 Å². The Morgan fingerprint density at radius 1 is 0.930 bits per heavy atom. The molecule has 0 aliphatic carbocycles. The number of unbranched alkanes of at least 4 members (excludes halogenated alkanes) is 1. The van der Waals surface area contributed by atoms with Gasteiger partial charge in [0.05, 0.1) is 71.2 Å². The number of hydrogen-bond acceptors (Lipinski definition) is 10. The predicted octanol–water partition coefficient (Wildman–Crippen LogP) is 1.31. The Hall–Kier alpha value is -2.91. The van der Waals surface area contributed by atoms with Gasteiger partial charge in [0.2, 0.25) is 5.91 Å². The van der Waals surface area contributed by atoms with Crippen molar-refractivity contribution in [3.63, 3.8) is 0 Å². The molecule has 2 aliphatic rings. The highest BCUT2D eigenvalue weighted by atomic mass is 32.2. The summed E-state index contributed by atoms with van der Waals surface area (Å²) in [6.07, 6.45) is 4.90. The van der Waals surface area contributed by atoms with E-state index in [9.17, 15) is 14.4 Å². The van der Waals surface area contributed by atoms with E-state index in [-0.39, 0.29) is 29.9 Å². The average molecular weight is 624 g/mol. The van der Waals surface area contributed by atoms with Crippen molar-refractivity contribution >= 4 is 35.8 Å². The number of ether oxygens (including phenoxy) is 4. The first-order chi connectivity index (χ1) is 21.1. The first-order valence-electron chi connectivity index (χ1n) is 14.8. The minimum atomic E-state index is -0.134. The van der Waals surface area contributed by atoms with E-state index in [0.29, 0.717) is 83.2 Å². The van der Waals surface area contributed by atoms with Crippen LogP contribution in [-0.4, -0.2) is 120 Å². The van der Waals surface area contributed by atoms with Crippen LogP contribution in [0.2, 0.25) is 0 Å². The summed E-state index contributed by atoms with van der Waals surface area (Å²) < 4.78 is 21.8. The third-order valence-electron chi connectivity index (χ3n) is 6.76. The molecule has 4 N–H and O–H groups in total. The van der Waals surface area contributed by atoms with Gasteiger partial charge in [0, 0.05) is 36.6 Å². The molecule has 1 aromatic carbocycles. The van der Waals surface area contributed by atoms with Crippen LogP contribution in [0.1, 0.15) is 41.6 Å². The molecule has 1 aromatic rings. The zero-order chi connectivity index (χ0) is 30.5. The number of urea groups is 1. The molecule has 0 saturated carbocycles. The van der Waals surface area contributed by atoms with Crippen LogP contribution in [0.5, 0.6) is 0 Å². The highest BCUT2D eigenvalue weighted by Gasteiger charge is 2.42. The Morgan fingerprint density at radius 3 is 2.26 bits per heavy atom. The highest BCUT2D eigenvalue weighted by molar-refractivity contribution is 8.00. The molecule has 240 valence electrons. The molecule has 2 aliphatic heterocycles. The van der Waals surface area contributed by atoms with Crippen molar-refractivity contribution in [3.8, 4) is 0 Å². The van der Waals surface area contributed by atoms with Crippen molar-refractivity contribution in [2.75, 3.05) is 78.8 Å². The van der Waals surface area contributed by atoms with Gasteiger partial charge in [0.15, 0.2) is 0 Å². The Balaban J connectivity index is 1.00. The lowest BCUT2D eigenvalue weighted by Gasteiger charge is -2.16. The Kier molecular flexibility index (Phi) is 16.8. The molecule has 0 aromatic heterocycles. The van der Waals surface area contributed by atoms with Crippen molar-refractivity contribution in [1.29, 1.82) is 0 Å². The number of amides is 4. The smallest absolute Gasteiger partial charge is 0.315 e. The van der Waals surface area contributed by atoms with Crippen LogP contribution >= 0.6 is 11.8 Å². The second-order valence-electron chi connectivity index (χ2n) is 9.94. The standard InChI is InChI=1S/C29H45N5O8S/c1-30-28(36)23-8-6-22(7-9-23)20-32-42-19-18-41-17-16-40-15-14-39-13-12-38-11-10-31-26(35)5-3-2-4-25-27-24(21-43-25)33-29(37)34-27/h6-9,20,24-25,27H,2-5,10-19,21H2,1H3,(H,30,36)(H,31,35)(H2,33,34,37)/b32-20+/t24-,25-,27-/m0/s1. The molecule has 2 heterocycles. The minimum absolute atomic E-state index is 0.0392. The zero-order valence-electron chi connectivity index (χ0n) is 24.8. The van der Waals surface area contributed by atoms with Gasteiger partial charge in [-0.2, -0.15) is 11.8 Å². The summed E-state index contributed by atoms with van der Waals surface area (Å²) in [6, 6.07) is 7.43. The second-order valence-corrected chi connectivity index (χ2v) is 11.2. The topological polar surface area (TPSA) is 158 Å². The summed E-state index contributed by atoms with van der Waals surface area (Å²) in [5.74, 6) is 0.864. The molecule has 13 nitrogen and oxygen atoms in total. The maximum atomic E-state index is 12.0. The molecule has 0 spiro atoms. The van der Waals surface area contributed by atoms with Gasteiger partial charge in [0.25, 0.3) is 5.91 Å². The molecule has 43 heavy (non-hydrogen) atoms. The molecule has 3 rings (SSSR count). The molecular weight excluding hydrogens is 578 g/mol. The SMILES string of the molecule is CNC(=O)c1ccc(/C=N/OCCOCCOCCOCCOCCNC(=O)CCCC[C@@H]2SC[C@@H]3NC(=O)N[C@@H]32)cc1. The average Bonchev–Trinajstić information content (AvgIpc) is 3.57. The van der Waals surface area contributed by atoms with Crippen molar-refractivity contribution in [2.24, 2.45) is 5.16 Å². The van der Waals surface area contributed by atoms with Crippen LogP contribution < -0.4 is 21.3 Å². The number of rotatable bonds is 23. The minimum Gasteiger partial charge on any atom is -0.393 e. The maximum absolute atomic E-state index is 12.0. The lowest BCUT2D eigenvalue weighted by atomic mass is 10.0. The van der Waals surface area contributed by atoms with E-state index >= 15 is 0 Å². The summed E-state index contributed by atoms with van der Waals surface area (Å²) in [5, 5.41) is 15.7. The molecular formula is C29H45N5O8S. The first-order valence-corrected chi connectivity index (χ1v) is 15.9. The number of hydrogen-bond donors (Lipinski definition) is 4. The van der Waals surface area contributed by atoms with Gasteiger partial charge < -0.3 is 45.1 Å². The summed E-state index contributed by atoms with van der Waals surface area (Å²) >= 11 is 1.90. The van der Waals surface area contributed by atoms with Crippen molar-refractivity contribution < 1.29 is 38.2 Å². The number of fused-ring (bicyclic) bond motifs is 1. The monoisotopic (exact) mass is 623 g/mol. The summed E-state index contributed by atoms with van der Waals surface area (Å²) in [7, 11) is 1.59. The first kappa shape index (κ1) is 34.6. The molecule has 0 bridgehead atoms. The van der Waals surface area contributed by atoms with Crippen molar-refractivity contribution in [2.45, 2.75) is 43.0 Å². The van der Waals surface area contributed by atoms with Crippen LogP contribution in [0.25, 0.3) is 0 Å². The van der Waals surface area contributed by atoms with Gasteiger partial charge in [0.1, 0.15) is 6.61 Å². The fourth-order valence-electron chi connectivity index (χ4n) is 4.50. The Bertz CT molecular complexity index is 1000. The van der Waals surface area contributed by atoms with Crippen LogP contribution in [0.3, 0.4) is 0 Å². The van der Waals surface area contributed by atoms with Gasteiger partial charge in [-0.1, -0.05) is 23.7 Å². The van der Waals surface area contributed by atoms with Gasteiger partial charge in [-0.05, 0) is 30.5 Å². The maximum Gasteiger partial charge on any atom is 0.315 e. The Labute approximate surface area is 257 Å². The third kappa shape index (κ3) is 13.9. The van der Waals surface area contributed by atoms with E-state index in [1.165, 1.54) is 0 Å². The molecule has 3 atom stereocenters. The number of benzene rings is 1. The molecule has 2 saturated heterocycles. The van der Waals surface area contributed by atoms with Gasteiger partial charge in [-0.25, -0.2) is 4.79 Å². The fourth-order valence-corrected chi connectivity index (χ4v) is 6.04. The fraction of sp³-hybridized carbons (Fsp3) is 0.655. The van der Waals surface area contributed by atoms with E-state index in [4.69, 9.17) is 23.8 Å². The number of oxime groups is 1. The number of thioether (sulfide) groups is 1. The summed E-state index contributed by atoms with van der Waals surface area (Å²) in [4.78, 5) is 40.1. The molecule has 4 amide bonds. The van der Waals surface area contributed by atoms with Crippen molar-refractivity contribution in [1.82, 2.24) is 21.3 Å². The number of carbonyl (C=O) groups excluding carboxylic acids is 3. The van der Waals surface area contributed by atoms with Crippen molar-refractivity contribution in [3.05, 3.63) is 35.4 Å². The van der Waals surface area contributed by atoms with Crippen LogP contribution in [-0.2, 0) is 28.6 Å². The number of nitrogens with zero attached hydrogens (tertiary/aromatic N) is 1. The van der Waals surface area contributed by atoms with E-state index in [2.05, 4.69) is 26.4 Å². The van der Waals surface area contributed by atoms with E-state index in [0.717, 1.165) is 30.6 Å². The molecule has 14 heteroatoms. The zero-order valence-corrected chi connectivity index (χ0v) is 25.7. The normalized spacial score (nSPS) is 19.2. The van der Waals surface area contributed by atoms with E-state index in [1.54, 1.807) is 37.5 Å². The summed E-state index contributed by atoms with van der Waals surface area (Å²) in [6.45, 7) is 4.38. The van der Waals surface area contributed by atoms with Gasteiger partial charge in [-0.15, -0.1) is 0 Å². The third-order valence-corrected chi connectivity index (χ3v) is 8.27. The molecule has 0 unspecified atom stereocenters. The predicted molar refractivity (Wildman–Crippen MR) is 164 cm³/mol. The van der Waals surface area contributed by atoms with E-state index < -0.39 is 0 Å². The number of nitrogens with one attached hydrogen (secondary N) is 4. The second kappa shape index (κ2) is 20.9. The van der Waals surface area contributed by atoms with Crippen LogP contribution in [0.4, 0.5) is 4.79 Å². The van der Waals surface area contributed by atoms with Gasteiger partial charge in [-0.3, -0.25) is 9.59 Å². The number of carbonyl (C=O) groups is 3. The highest BCUT2D eigenvalue weighted by Crippen LogP contribution is 2.33. The molecule has 2 fully saturated rings. The molecule has 0 radical (unpaired) electrons. The van der Waals surface area contributed by atoms with Crippen LogP contribution in [0.15, 0.2) is 29.4 Å². The van der Waals surface area contributed by atoms with Crippen LogP contribution in [0, 0.1) is 0 Å². The quantitative estimate of drug-likeness (QED) is 0.0611. The lowest BCUT2D eigenvalue weighted by molar-refractivity contribution is -0.121. The summed E-state index contributed by atoms with van der Waals surface area (Å²) in [5.41, 5.74) is 1.41. The lowest BCUT2D eigenvalue weighted by Crippen LogP contribution is -2.36.